The number of piperidine rings is 2. The maximum atomic E-state index is 12.8. The summed E-state index contributed by atoms with van der Waals surface area (Å²) in [5.41, 5.74) is -0.345. The average molecular weight is 475 g/mol. The summed E-state index contributed by atoms with van der Waals surface area (Å²) in [6.07, 6.45) is 2.13. The van der Waals surface area contributed by atoms with Gasteiger partial charge in [0.25, 0.3) is 0 Å². The third-order valence-electron chi connectivity index (χ3n) is 7.42. The van der Waals surface area contributed by atoms with E-state index in [1.807, 2.05) is 10.0 Å². The van der Waals surface area contributed by atoms with E-state index in [-0.39, 0.29) is 34.4 Å². The van der Waals surface area contributed by atoms with Crippen LogP contribution in [0.4, 0.5) is 0 Å². The Morgan fingerprint density at radius 1 is 0.647 bits per heavy atom. The van der Waals surface area contributed by atoms with E-state index in [2.05, 4.69) is 55.4 Å². The van der Waals surface area contributed by atoms with Crippen LogP contribution in [0.25, 0.3) is 0 Å². The van der Waals surface area contributed by atoms with Crippen LogP contribution in [-0.2, 0) is 9.47 Å². The molecule has 2 aliphatic rings. The summed E-state index contributed by atoms with van der Waals surface area (Å²) in [4.78, 5) is 25.6. The van der Waals surface area contributed by atoms with E-state index in [1.165, 1.54) is 0 Å². The molecule has 0 bridgehead atoms. The van der Waals surface area contributed by atoms with Crippen LogP contribution in [0.5, 0.6) is 0 Å². The molecule has 0 saturated carbocycles. The maximum absolute atomic E-state index is 12.8. The topological polar surface area (TPSA) is 111 Å². The van der Waals surface area contributed by atoms with Gasteiger partial charge in [0.05, 0.1) is 11.1 Å². The molecule has 4 N–H and O–H groups in total. The van der Waals surface area contributed by atoms with Crippen molar-refractivity contribution in [1.29, 1.82) is 0 Å². The minimum absolute atomic E-state index is 0.234. The number of ether oxygens (including phenoxy) is 2. The number of hydrazine groups is 2. The molecule has 3 rings (SSSR count). The first-order valence-corrected chi connectivity index (χ1v) is 12.1. The highest BCUT2D eigenvalue weighted by atomic mass is 16.5. The van der Waals surface area contributed by atoms with Crippen LogP contribution >= 0.6 is 0 Å². The van der Waals surface area contributed by atoms with Gasteiger partial charge in [0, 0.05) is 47.8 Å². The number of hydrogen-bond acceptors (Lipinski definition) is 8. The fourth-order valence-corrected chi connectivity index (χ4v) is 5.75. The zero-order chi connectivity index (χ0) is 25.7. The van der Waals surface area contributed by atoms with Gasteiger partial charge < -0.3 is 9.47 Å². The fourth-order valence-electron chi connectivity index (χ4n) is 5.75. The second-order valence-corrected chi connectivity index (χ2v) is 12.4. The van der Waals surface area contributed by atoms with E-state index in [4.69, 9.17) is 21.2 Å². The third kappa shape index (κ3) is 5.46. The average Bonchev–Trinajstić information content (AvgIpc) is 2.69. The molecule has 190 valence electrons. The molecule has 0 amide bonds. The molecule has 0 atom stereocenters. The SMILES string of the molecule is CC1(C)CC(OC(=O)c2ccc(C(=O)OC3CC(C)(C)N(N)C(C)(C)C3)cc2)CC(C)(C)N1N. The van der Waals surface area contributed by atoms with Gasteiger partial charge in [0.1, 0.15) is 12.2 Å². The summed E-state index contributed by atoms with van der Waals surface area (Å²) in [5, 5.41) is 3.70. The highest BCUT2D eigenvalue weighted by Gasteiger charge is 2.46. The van der Waals surface area contributed by atoms with Crippen molar-refractivity contribution in [2.75, 3.05) is 0 Å². The van der Waals surface area contributed by atoms with Gasteiger partial charge in [-0.25, -0.2) is 19.6 Å². The smallest absolute Gasteiger partial charge is 0.338 e. The molecule has 0 spiro atoms. The Morgan fingerprint density at radius 3 is 1.12 bits per heavy atom. The van der Waals surface area contributed by atoms with Crippen LogP contribution < -0.4 is 11.7 Å². The first kappa shape index (κ1) is 26.6. The molecule has 1 aromatic carbocycles. The molecule has 0 aliphatic carbocycles. The van der Waals surface area contributed by atoms with Gasteiger partial charge in [0.2, 0.25) is 0 Å². The van der Waals surface area contributed by atoms with Crippen LogP contribution in [0.2, 0.25) is 0 Å². The number of benzene rings is 1. The Morgan fingerprint density at radius 2 is 0.882 bits per heavy atom. The fraction of sp³-hybridized carbons (Fsp3) is 0.692. The number of esters is 2. The predicted octanol–water partition coefficient (Wildman–Crippen LogP) is 3.79. The molecule has 0 radical (unpaired) electrons. The van der Waals surface area contributed by atoms with Gasteiger partial charge in [-0.1, -0.05) is 0 Å². The monoisotopic (exact) mass is 474 g/mol. The molecule has 2 aliphatic heterocycles. The first-order chi connectivity index (χ1) is 15.4. The van der Waals surface area contributed by atoms with E-state index in [9.17, 15) is 9.59 Å². The van der Waals surface area contributed by atoms with Crippen LogP contribution in [-0.4, -0.2) is 56.3 Å². The molecular weight excluding hydrogens is 432 g/mol. The summed E-state index contributed by atoms with van der Waals surface area (Å²) < 4.78 is 11.6. The minimum Gasteiger partial charge on any atom is -0.459 e. The normalized spacial score (nSPS) is 25.0. The van der Waals surface area contributed by atoms with E-state index in [0.29, 0.717) is 36.8 Å². The third-order valence-corrected chi connectivity index (χ3v) is 7.42. The summed E-state index contributed by atoms with van der Waals surface area (Å²) >= 11 is 0. The molecule has 34 heavy (non-hydrogen) atoms. The molecular formula is C26H42N4O4. The van der Waals surface area contributed by atoms with Crippen molar-refractivity contribution in [3.63, 3.8) is 0 Å². The Labute approximate surface area is 203 Å². The Bertz CT molecular complexity index is 812. The van der Waals surface area contributed by atoms with Crippen LogP contribution in [0.1, 0.15) is 102 Å². The van der Waals surface area contributed by atoms with Crippen molar-refractivity contribution >= 4 is 11.9 Å². The number of hydrogen-bond donors (Lipinski definition) is 2. The molecule has 0 aromatic heterocycles. The maximum Gasteiger partial charge on any atom is 0.338 e. The Kier molecular flexibility index (Phi) is 6.96. The largest absolute Gasteiger partial charge is 0.459 e. The number of nitrogens with two attached hydrogens (primary N) is 2. The number of rotatable bonds is 4. The number of carbonyl (C=O) groups excluding carboxylic acids is 2. The molecule has 2 saturated heterocycles. The lowest BCUT2D eigenvalue weighted by atomic mass is 9.80. The summed E-state index contributed by atoms with van der Waals surface area (Å²) in [7, 11) is 0. The van der Waals surface area contributed by atoms with Crippen molar-refractivity contribution < 1.29 is 19.1 Å². The van der Waals surface area contributed by atoms with Crippen molar-refractivity contribution in [3.8, 4) is 0 Å². The highest BCUT2D eigenvalue weighted by Crippen LogP contribution is 2.38. The summed E-state index contributed by atoms with van der Waals surface area (Å²) in [5.74, 6) is 11.8. The lowest BCUT2D eigenvalue weighted by Crippen LogP contribution is -2.65. The van der Waals surface area contributed by atoms with Crippen molar-refractivity contribution in [2.24, 2.45) is 11.7 Å². The standard InChI is InChI=1S/C26H42N4O4/c1-23(2)13-19(14-24(3,4)29(23)27)33-21(31)17-9-11-18(12-10-17)22(32)34-20-15-25(5,6)30(28)26(7,8)16-20/h9-12,19-20H,13-16,27-28H2,1-8H3. The van der Waals surface area contributed by atoms with E-state index in [0.717, 1.165) is 0 Å². The van der Waals surface area contributed by atoms with Gasteiger partial charge in [-0.15, -0.1) is 0 Å². The molecule has 1 aromatic rings. The van der Waals surface area contributed by atoms with Gasteiger partial charge in [-0.05, 0) is 79.7 Å². The van der Waals surface area contributed by atoms with Crippen LogP contribution in [0, 0.1) is 0 Å². The van der Waals surface area contributed by atoms with Crippen molar-refractivity contribution in [1.82, 2.24) is 10.0 Å². The van der Waals surface area contributed by atoms with Gasteiger partial charge in [-0.3, -0.25) is 11.7 Å². The van der Waals surface area contributed by atoms with Crippen LogP contribution in [0.15, 0.2) is 24.3 Å². The predicted molar refractivity (Wildman–Crippen MR) is 132 cm³/mol. The Balaban J connectivity index is 1.62. The molecule has 8 nitrogen and oxygen atoms in total. The zero-order valence-corrected chi connectivity index (χ0v) is 22.0. The molecule has 8 heteroatoms. The minimum atomic E-state index is -0.402. The lowest BCUT2D eigenvalue weighted by Gasteiger charge is -2.52. The van der Waals surface area contributed by atoms with Crippen molar-refractivity contribution in [3.05, 3.63) is 35.4 Å². The van der Waals surface area contributed by atoms with E-state index in [1.54, 1.807) is 24.3 Å². The van der Waals surface area contributed by atoms with E-state index >= 15 is 0 Å². The second kappa shape index (κ2) is 8.90. The molecule has 0 unspecified atom stereocenters. The zero-order valence-electron chi connectivity index (χ0n) is 22.0. The quantitative estimate of drug-likeness (QED) is 0.501. The number of nitrogens with zero attached hydrogens (tertiary/aromatic N) is 2. The van der Waals surface area contributed by atoms with Crippen molar-refractivity contribution in [2.45, 2.75) is 115 Å². The van der Waals surface area contributed by atoms with Gasteiger partial charge in [0.15, 0.2) is 0 Å². The van der Waals surface area contributed by atoms with Gasteiger partial charge in [-0.2, -0.15) is 0 Å². The van der Waals surface area contributed by atoms with Gasteiger partial charge >= 0.3 is 11.9 Å². The lowest BCUT2D eigenvalue weighted by molar-refractivity contribution is -0.0892. The molecule has 2 fully saturated rings. The number of carbonyl (C=O) groups is 2. The first-order valence-electron chi connectivity index (χ1n) is 12.1. The molecule has 2 heterocycles. The highest BCUT2D eigenvalue weighted by molar-refractivity contribution is 5.93. The summed E-state index contributed by atoms with van der Waals surface area (Å²) in [6.45, 7) is 16.4. The Hall–Kier alpha value is -2.00. The van der Waals surface area contributed by atoms with E-state index < -0.39 is 11.9 Å². The summed E-state index contributed by atoms with van der Waals surface area (Å²) in [6, 6.07) is 6.46. The van der Waals surface area contributed by atoms with Crippen LogP contribution in [0.3, 0.4) is 0 Å². The second-order valence-electron chi connectivity index (χ2n) is 12.4.